The van der Waals surface area contributed by atoms with Gasteiger partial charge >= 0.3 is 5.97 Å². The van der Waals surface area contributed by atoms with Gasteiger partial charge in [-0.25, -0.2) is 4.79 Å². The molecule has 0 heterocycles. The molecule has 0 unspecified atom stereocenters. The fraction of sp³-hybridized carbons (Fsp3) is 0.438. The first-order chi connectivity index (χ1) is 10.7. The van der Waals surface area contributed by atoms with Crippen molar-refractivity contribution < 1.29 is 19.5 Å². The Morgan fingerprint density at radius 2 is 1.78 bits per heavy atom. The number of benzene rings is 1. The number of rotatable bonds is 7. The van der Waals surface area contributed by atoms with Gasteiger partial charge in [0, 0.05) is 16.9 Å². The highest BCUT2D eigenvalue weighted by Gasteiger charge is 2.28. The van der Waals surface area contributed by atoms with Crippen LogP contribution in [-0.2, 0) is 20.8 Å². The van der Waals surface area contributed by atoms with E-state index in [1.165, 1.54) is 6.92 Å². The minimum atomic E-state index is -1.11. The Bertz CT molecular complexity index is 589. The number of carbonyl (C=O) groups excluding carboxylic acids is 2. The molecule has 1 aromatic carbocycles. The van der Waals surface area contributed by atoms with Crippen molar-refractivity contribution in [2.75, 3.05) is 0 Å². The summed E-state index contributed by atoms with van der Waals surface area (Å²) in [7, 11) is 0. The summed E-state index contributed by atoms with van der Waals surface area (Å²) in [5, 5.41) is 14.4. The van der Waals surface area contributed by atoms with Crippen LogP contribution in [0.2, 0.25) is 0 Å². The predicted molar refractivity (Wildman–Crippen MR) is 94.9 cm³/mol. The number of amides is 2. The highest BCUT2D eigenvalue weighted by atomic mass is 127. The van der Waals surface area contributed by atoms with E-state index in [4.69, 9.17) is 0 Å². The lowest BCUT2D eigenvalue weighted by atomic mass is 10.0. The second-order valence-corrected chi connectivity index (χ2v) is 6.78. The van der Waals surface area contributed by atoms with Gasteiger partial charge in [-0.15, -0.1) is 0 Å². The van der Waals surface area contributed by atoms with Gasteiger partial charge in [-0.1, -0.05) is 32.0 Å². The molecule has 7 heteroatoms. The average molecular weight is 432 g/mol. The zero-order valence-corrected chi connectivity index (χ0v) is 15.5. The van der Waals surface area contributed by atoms with Crippen molar-refractivity contribution in [1.82, 2.24) is 10.6 Å². The van der Waals surface area contributed by atoms with Crippen molar-refractivity contribution in [3.8, 4) is 0 Å². The molecule has 6 nitrogen and oxygen atoms in total. The summed E-state index contributed by atoms with van der Waals surface area (Å²) in [6.07, 6.45) is 0.186. The van der Waals surface area contributed by atoms with Gasteiger partial charge in [-0.3, -0.25) is 9.59 Å². The third-order valence-corrected chi connectivity index (χ3v) is 4.36. The molecule has 0 saturated carbocycles. The molecule has 3 N–H and O–H groups in total. The molecule has 0 aliphatic carbocycles. The van der Waals surface area contributed by atoms with Crippen LogP contribution in [0.5, 0.6) is 0 Å². The van der Waals surface area contributed by atoms with E-state index in [2.05, 4.69) is 33.2 Å². The molecule has 23 heavy (non-hydrogen) atoms. The van der Waals surface area contributed by atoms with E-state index in [0.29, 0.717) is 0 Å². The van der Waals surface area contributed by atoms with Gasteiger partial charge in [0.1, 0.15) is 12.1 Å². The zero-order chi connectivity index (χ0) is 17.6. The summed E-state index contributed by atoms with van der Waals surface area (Å²) in [4.78, 5) is 35.0. The van der Waals surface area contributed by atoms with Gasteiger partial charge in [0.2, 0.25) is 11.8 Å². The first kappa shape index (κ1) is 19.4. The molecule has 0 spiro atoms. The Morgan fingerprint density at radius 3 is 2.26 bits per heavy atom. The van der Waals surface area contributed by atoms with Crippen molar-refractivity contribution in [2.24, 2.45) is 5.92 Å². The molecule has 2 atom stereocenters. The normalized spacial score (nSPS) is 13.3. The number of carboxylic acids is 1. The highest BCUT2D eigenvalue weighted by molar-refractivity contribution is 14.1. The Labute approximate surface area is 149 Å². The van der Waals surface area contributed by atoms with E-state index in [1.54, 1.807) is 13.8 Å². The first-order valence-electron chi connectivity index (χ1n) is 7.26. The maximum Gasteiger partial charge on any atom is 0.326 e. The fourth-order valence-corrected chi connectivity index (χ4v) is 2.71. The Balaban J connectivity index is 2.86. The second kappa shape index (κ2) is 8.85. The van der Waals surface area contributed by atoms with Crippen LogP contribution in [-0.4, -0.2) is 35.0 Å². The summed E-state index contributed by atoms with van der Waals surface area (Å²) in [6.45, 7) is 4.90. The monoisotopic (exact) mass is 432 g/mol. The number of carbonyl (C=O) groups is 3. The van der Waals surface area contributed by atoms with Crippen molar-refractivity contribution in [2.45, 2.75) is 39.3 Å². The lowest BCUT2D eigenvalue weighted by molar-refractivity contribution is -0.142. The van der Waals surface area contributed by atoms with E-state index >= 15 is 0 Å². The summed E-state index contributed by atoms with van der Waals surface area (Å²) < 4.78 is 0.938. The quantitative estimate of drug-likeness (QED) is 0.570. The maximum absolute atomic E-state index is 12.3. The smallest absolute Gasteiger partial charge is 0.326 e. The van der Waals surface area contributed by atoms with Gasteiger partial charge in [-0.05, 0) is 40.1 Å². The molecule has 0 aliphatic heterocycles. The SMILES string of the molecule is CC(=O)N[C@@H](C(=O)N[C@H](Cc1ccccc1I)C(=O)O)C(C)C. The minimum absolute atomic E-state index is 0.148. The number of nitrogens with one attached hydrogen (secondary N) is 2. The van der Waals surface area contributed by atoms with Gasteiger partial charge < -0.3 is 15.7 Å². The first-order valence-corrected chi connectivity index (χ1v) is 8.34. The fourth-order valence-electron chi connectivity index (χ4n) is 2.10. The average Bonchev–Trinajstić information content (AvgIpc) is 2.45. The lowest BCUT2D eigenvalue weighted by Crippen LogP contribution is -2.53. The van der Waals surface area contributed by atoms with Crippen LogP contribution in [0.25, 0.3) is 0 Å². The van der Waals surface area contributed by atoms with E-state index in [-0.39, 0.29) is 18.2 Å². The maximum atomic E-state index is 12.3. The van der Waals surface area contributed by atoms with Gasteiger partial charge in [0.05, 0.1) is 0 Å². The number of hydrogen-bond acceptors (Lipinski definition) is 3. The highest BCUT2D eigenvalue weighted by Crippen LogP contribution is 2.14. The molecule has 1 rings (SSSR count). The Kier molecular flexibility index (Phi) is 7.47. The number of carboxylic acid groups (broad SMARTS) is 1. The largest absolute Gasteiger partial charge is 0.480 e. The molecule has 2 amide bonds. The van der Waals surface area contributed by atoms with Crippen LogP contribution in [0.15, 0.2) is 24.3 Å². The molecular formula is C16H21IN2O4. The van der Waals surface area contributed by atoms with Crippen LogP contribution in [0, 0.1) is 9.49 Å². The van der Waals surface area contributed by atoms with Crippen LogP contribution in [0.1, 0.15) is 26.3 Å². The number of hydrogen-bond donors (Lipinski definition) is 3. The third kappa shape index (κ3) is 6.17. The Hall–Kier alpha value is -1.64. The van der Waals surface area contributed by atoms with Crippen LogP contribution in [0.3, 0.4) is 0 Å². The minimum Gasteiger partial charge on any atom is -0.480 e. The molecular weight excluding hydrogens is 411 g/mol. The molecule has 126 valence electrons. The number of halogens is 1. The van der Waals surface area contributed by atoms with E-state index in [1.807, 2.05) is 24.3 Å². The van der Waals surface area contributed by atoms with Crippen LogP contribution < -0.4 is 10.6 Å². The molecule has 0 saturated heterocycles. The van der Waals surface area contributed by atoms with Crippen molar-refractivity contribution in [3.63, 3.8) is 0 Å². The summed E-state index contributed by atoms with van der Waals surface area (Å²) >= 11 is 2.13. The molecule has 0 fully saturated rings. The van der Waals surface area contributed by atoms with Crippen LogP contribution >= 0.6 is 22.6 Å². The number of aliphatic carboxylic acids is 1. The summed E-state index contributed by atoms with van der Waals surface area (Å²) in [6, 6.07) is 5.60. The molecule has 0 aliphatic rings. The van der Waals surface area contributed by atoms with Crippen molar-refractivity contribution in [3.05, 3.63) is 33.4 Å². The summed E-state index contributed by atoms with van der Waals surface area (Å²) in [5.41, 5.74) is 0.849. The topological polar surface area (TPSA) is 95.5 Å². The zero-order valence-electron chi connectivity index (χ0n) is 13.3. The molecule has 1 aromatic rings. The Morgan fingerprint density at radius 1 is 1.17 bits per heavy atom. The molecule has 0 aromatic heterocycles. The molecule has 0 bridgehead atoms. The van der Waals surface area contributed by atoms with Crippen LogP contribution in [0.4, 0.5) is 0 Å². The lowest BCUT2D eigenvalue weighted by Gasteiger charge is -2.23. The van der Waals surface area contributed by atoms with E-state index < -0.39 is 24.0 Å². The van der Waals surface area contributed by atoms with E-state index in [9.17, 15) is 19.5 Å². The standard InChI is InChI=1S/C16H21IN2O4/c1-9(2)14(18-10(3)20)15(21)19-13(16(22)23)8-11-6-4-5-7-12(11)17/h4-7,9,13-14H,8H2,1-3H3,(H,18,20)(H,19,21)(H,22,23)/t13-,14-/m1/s1. The third-order valence-electron chi connectivity index (χ3n) is 3.30. The second-order valence-electron chi connectivity index (χ2n) is 5.62. The van der Waals surface area contributed by atoms with Gasteiger partial charge in [-0.2, -0.15) is 0 Å². The van der Waals surface area contributed by atoms with E-state index in [0.717, 1.165) is 9.13 Å². The molecule has 0 radical (unpaired) electrons. The van der Waals surface area contributed by atoms with Crippen molar-refractivity contribution in [1.29, 1.82) is 0 Å². The van der Waals surface area contributed by atoms with Crippen molar-refractivity contribution >= 4 is 40.4 Å². The van der Waals surface area contributed by atoms with Gasteiger partial charge in [0.25, 0.3) is 0 Å². The summed E-state index contributed by atoms with van der Waals surface area (Å²) in [5.74, 6) is -2.08. The van der Waals surface area contributed by atoms with Gasteiger partial charge in [0.15, 0.2) is 0 Å². The predicted octanol–water partition coefficient (Wildman–Crippen LogP) is 1.56.